The molecule has 3 heteroatoms. The van der Waals surface area contributed by atoms with Crippen molar-refractivity contribution in [2.24, 2.45) is 5.73 Å². The van der Waals surface area contributed by atoms with E-state index in [-0.39, 0.29) is 0 Å². The summed E-state index contributed by atoms with van der Waals surface area (Å²) in [5.74, 6) is 0. The second-order valence-corrected chi connectivity index (χ2v) is 2.87. The molecule has 0 spiro atoms. The molecule has 0 bridgehead atoms. The zero-order valence-corrected chi connectivity index (χ0v) is 7.94. The molecule has 0 atom stereocenters. The maximum atomic E-state index is 5.26. The van der Waals surface area contributed by atoms with Crippen LogP contribution in [0.3, 0.4) is 0 Å². The highest BCUT2D eigenvalue weighted by atomic mass is 15.0. The smallest absolute Gasteiger partial charge is 0.0429 e. The van der Waals surface area contributed by atoms with Crippen molar-refractivity contribution in [2.45, 2.75) is 25.7 Å². The minimum Gasteiger partial charge on any atom is -0.318 e. The van der Waals surface area contributed by atoms with Crippen LogP contribution in [0.15, 0.2) is 0 Å². The third-order valence-electron chi connectivity index (χ3n) is 1.73. The van der Waals surface area contributed by atoms with E-state index >= 15 is 0 Å². The molecule has 0 aliphatic heterocycles. The Morgan fingerprint density at radius 3 is 2.33 bits per heavy atom. The predicted molar refractivity (Wildman–Crippen MR) is 53.8 cm³/mol. The van der Waals surface area contributed by atoms with Gasteiger partial charge in [-0.1, -0.05) is 26.2 Å². The quantitative estimate of drug-likeness (QED) is 0.350. The van der Waals surface area contributed by atoms with Crippen LogP contribution in [0.4, 0.5) is 0 Å². The molecule has 0 heterocycles. The van der Waals surface area contributed by atoms with E-state index in [0.29, 0.717) is 6.67 Å². The van der Waals surface area contributed by atoms with Gasteiger partial charge in [-0.05, 0) is 13.0 Å². The van der Waals surface area contributed by atoms with Crippen molar-refractivity contribution in [3.05, 3.63) is 6.92 Å². The van der Waals surface area contributed by atoms with Gasteiger partial charge in [-0.3, -0.25) is 0 Å². The van der Waals surface area contributed by atoms with Gasteiger partial charge in [0.2, 0.25) is 0 Å². The zero-order valence-electron chi connectivity index (χ0n) is 7.94. The Bertz CT molecular complexity index is 66.2. The second-order valence-electron chi connectivity index (χ2n) is 2.87. The second kappa shape index (κ2) is 10.9. The lowest BCUT2D eigenvalue weighted by Gasteiger charge is -2.04. The fourth-order valence-electron chi connectivity index (χ4n) is 1.01. The van der Waals surface area contributed by atoms with E-state index in [1.807, 2.05) is 0 Å². The highest BCUT2D eigenvalue weighted by Crippen LogP contribution is 1.96. The van der Waals surface area contributed by atoms with Crippen LogP contribution in [0.2, 0.25) is 0 Å². The third-order valence-corrected chi connectivity index (χ3v) is 1.73. The summed E-state index contributed by atoms with van der Waals surface area (Å²) in [6, 6.07) is 0. The van der Waals surface area contributed by atoms with Crippen molar-refractivity contribution < 1.29 is 0 Å². The molecule has 4 N–H and O–H groups in total. The van der Waals surface area contributed by atoms with Crippen molar-refractivity contribution in [3.8, 4) is 0 Å². The van der Waals surface area contributed by atoms with Gasteiger partial charge >= 0.3 is 0 Å². The van der Waals surface area contributed by atoms with E-state index in [2.05, 4.69) is 17.6 Å². The molecule has 0 unspecified atom stereocenters. The monoisotopic (exact) mass is 172 g/mol. The number of hydrogen-bond acceptors (Lipinski definition) is 3. The first kappa shape index (κ1) is 11.9. The summed E-state index contributed by atoms with van der Waals surface area (Å²) in [6.07, 6.45) is 4.87. The summed E-state index contributed by atoms with van der Waals surface area (Å²) < 4.78 is 0. The van der Waals surface area contributed by atoms with Crippen LogP contribution in [0.25, 0.3) is 0 Å². The summed E-state index contributed by atoms with van der Waals surface area (Å²) in [5, 5.41) is 6.40. The van der Waals surface area contributed by atoms with Crippen LogP contribution in [0.5, 0.6) is 0 Å². The van der Waals surface area contributed by atoms with Gasteiger partial charge in [-0.2, -0.15) is 0 Å². The summed E-state index contributed by atoms with van der Waals surface area (Å²) in [6.45, 7) is 7.47. The molecule has 3 nitrogen and oxygen atoms in total. The number of hydrogen-bond donors (Lipinski definition) is 3. The number of nitrogens with one attached hydrogen (secondary N) is 2. The molecule has 0 aromatic carbocycles. The van der Waals surface area contributed by atoms with Crippen LogP contribution < -0.4 is 16.4 Å². The minimum absolute atomic E-state index is 0.573. The molecule has 0 fully saturated rings. The average Bonchev–Trinajstić information content (AvgIpc) is 2.10. The van der Waals surface area contributed by atoms with E-state index in [1.54, 1.807) is 0 Å². The average molecular weight is 172 g/mol. The first-order valence-electron chi connectivity index (χ1n) is 4.82. The van der Waals surface area contributed by atoms with Gasteiger partial charge in [0.1, 0.15) is 0 Å². The van der Waals surface area contributed by atoms with Crippen LogP contribution in [0.1, 0.15) is 25.7 Å². The van der Waals surface area contributed by atoms with E-state index in [0.717, 1.165) is 26.1 Å². The lowest BCUT2D eigenvalue weighted by Crippen LogP contribution is -2.31. The molecule has 1 radical (unpaired) electrons. The van der Waals surface area contributed by atoms with Crippen LogP contribution >= 0.6 is 0 Å². The standard InChI is InChI=1S/C9H22N3/c1-2-3-4-5-6-11-7-8-12-9-10/h11-12H,1-10H2. The van der Waals surface area contributed by atoms with Crippen molar-refractivity contribution in [2.75, 3.05) is 26.3 Å². The Hall–Kier alpha value is -0.120. The molecular formula is C9H22N3. The highest BCUT2D eigenvalue weighted by Gasteiger charge is 1.87. The maximum Gasteiger partial charge on any atom is 0.0429 e. The maximum absolute atomic E-state index is 5.26. The van der Waals surface area contributed by atoms with Gasteiger partial charge in [-0.15, -0.1) is 0 Å². The summed E-state index contributed by atoms with van der Waals surface area (Å²) in [7, 11) is 0. The van der Waals surface area contributed by atoms with E-state index in [1.165, 1.54) is 19.3 Å². The van der Waals surface area contributed by atoms with Crippen LogP contribution in [-0.2, 0) is 0 Å². The Balaban J connectivity index is 2.73. The van der Waals surface area contributed by atoms with Crippen LogP contribution in [-0.4, -0.2) is 26.3 Å². The van der Waals surface area contributed by atoms with Crippen molar-refractivity contribution in [3.63, 3.8) is 0 Å². The molecule has 0 aromatic rings. The Morgan fingerprint density at radius 1 is 0.917 bits per heavy atom. The Labute approximate surface area is 76.1 Å². The molecular weight excluding hydrogens is 150 g/mol. The molecule has 12 heavy (non-hydrogen) atoms. The lowest BCUT2D eigenvalue weighted by atomic mass is 10.2. The summed E-state index contributed by atoms with van der Waals surface area (Å²) in [4.78, 5) is 0. The summed E-state index contributed by atoms with van der Waals surface area (Å²) in [5.41, 5.74) is 5.26. The largest absolute Gasteiger partial charge is 0.318 e. The first-order chi connectivity index (χ1) is 5.91. The normalized spacial score (nSPS) is 10.5. The molecule has 73 valence electrons. The van der Waals surface area contributed by atoms with Gasteiger partial charge in [0, 0.05) is 19.8 Å². The van der Waals surface area contributed by atoms with E-state index < -0.39 is 0 Å². The van der Waals surface area contributed by atoms with Crippen LogP contribution in [0, 0.1) is 6.92 Å². The number of nitrogens with two attached hydrogens (primary N) is 1. The number of rotatable bonds is 9. The fraction of sp³-hybridized carbons (Fsp3) is 0.889. The van der Waals surface area contributed by atoms with Crippen molar-refractivity contribution >= 4 is 0 Å². The molecule has 0 saturated heterocycles. The molecule has 0 amide bonds. The van der Waals surface area contributed by atoms with Gasteiger partial charge in [0.15, 0.2) is 0 Å². The fourth-order valence-corrected chi connectivity index (χ4v) is 1.01. The van der Waals surface area contributed by atoms with E-state index in [9.17, 15) is 0 Å². The summed E-state index contributed by atoms with van der Waals surface area (Å²) >= 11 is 0. The lowest BCUT2D eigenvalue weighted by molar-refractivity contribution is 0.580. The molecule has 0 rings (SSSR count). The van der Waals surface area contributed by atoms with Crippen molar-refractivity contribution in [1.82, 2.24) is 10.6 Å². The third kappa shape index (κ3) is 9.88. The highest BCUT2D eigenvalue weighted by molar-refractivity contribution is 4.51. The topological polar surface area (TPSA) is 50.1 Å². The van der Waals surface area contributed by atoms with Crippen molar-refractivity contribution in [1.29, 1.82) is 0 Å². The van der Waals surface area contributed by atoms with Gasteiger partial charge in [-0.25, -0.2) is 0 Å². The molecule has 0 aromatic heterocycles. The molecule has 0 saturated carbocycles. The van der Waals surface area contributed by atoms with Gasteiger partial charge in [0.25, 0.3) is 0 Å². The first-order valence-corrected chi connectivity index (χ1v) is 4.82. The van der Waals surface area contributed by atoms with Gasteiger partial charge in [0.05, 0.1) is 0 Å². The SMILES string of the molecule is [CH2]CCCCCNCCNCN. The molecule has 0 aliphatic carbocycles. The Morgan fingerprint density at radius 2 is 1.67 bits per heavy atom. The number of unbranched alkanes of at least 4 members (excludes halogenated alkanes) is 3. The Kier molecular flexibility index (Phi) is 10.8. The predicted octanol–water partition coefficient (Wildman–Crippen LogP) is 0.476. The molecule has 0 aliphatic rings. The zero-order chi connectivity index (χ0) is 9.07. The van der Waals surface area contributed by atoms with Gasteiger partial charge < -0.3 is 16.4 Å². The minimum atomic E-state index is 0.573. The van der Waals surface area contributed by atoms with E-state index in [4.69, 9.17) is 5.73 Å².